The average Bonchev–Trinajstić information content (AvgIpc) is 2.68. The summed E-state index contributed by atoms with van der Waals surface area (Å²) in [6.45, 7) is 6.07. The summed E-state index contributed by atoms with van der Waals surface area (Å²) in [5.74, 6) is -0.719. The molecule has 1 saturated heterocycles. The molecule has 94 valence electrons. The van der Waals surface area contributed by atoms with E-state index in [0.29, 0.717) is 0 Å². The van der Waals surface area contributed by atoms with E-state index in [9.17, 15) is 4.79 Å². The van der Waals surface area contributed by atoms with Gasteiger partial charge in [0, 0.05) is 13.2 Å². The number of ether oxygens (including phenoxy) is 1. The fraction of sp³-hybridized carbons (Fsp3) is 0.917. The fourth-order valence-electron chi connectivity index (χ4n) is 2.29. The van der Waals surface area contributed by atoms with E-state index in [1.807, 2.05) is 13.8 Å². The van der Waals surface area contributed by atoms with E-state index in [4.69, 9.17) is 9.84 Å². The maximum Gasteiger partial charge on any atom is 0.304 e. The Morgan fingerprint density at radius 2 is 2.00 bits per heavy atom. The van der Waals surface area contributed by atoms with Crippen LogP contribution in [0.5, 0.6) is 0 Å². The van der Waals surface area contributed by atoms with Crippen molar-refractivity contribution < 1.29 is 14.6 Å². The summed E-state index contributed by atoms with van der Waals surface area (Å²) in [7, 11) is 1.68. The third kappa shape index (κ3) is 4.10. The van der Waals surface area contributed by atoms with Crippen molar-refractivity contribution in [2.24, 2.45) is 0 Å². The molecule has 0 radical (unpaired) electrons. The summed E-state index contributed by atoms with van der Waals surface area (Å²) < 4.78 is 5.39. The lowest BCUT2D eigenvalue weighted by Gasteiger charge is -2.33. The first-order chi connectivity index (χ1) is 7.44. The first kappa shape index (κ1) is 13.5. The normalized spacial score (nSPS) is 19.9. The molecule has 0 aromatic carbocycles. The number of carboxylic acid groups (broad SMARTS) is 1. The highest BCUT2D eigenvalue weighted by Crippen LogP contribution is 2.24. The lowest BCUT2D eigenvalue weighted by atomic mass is 9.95. The molecule has 1 atom stereocenters. The fourth-order valence-corrected chi connectivity index (χ4v) is 2.29. The summed E-state index contributed by atoms with van der Waals surface area (Å²) in [4.78, 5) is 13.2. The molecule has 1 fully saturated rings. The lowest BCUT2D eigenvalue weighted by Crippen LogP contribution is -2.40. The molecule has 16 heavy (non-hydrogen) atoms. The van der Waals surface area contributed by atoms with Gasteiger partial charge in [0.1, 0.15) is 0 Å². The van der Waals surface area contributed by atoms with Gasteiger partial charge in [-0.05, 0) is 46.2 Å². The smallest absolute Gasteiger partial charge is 0.304 e. The van der Waals surface area contributed by atoms with Gasteiger partial charge in [-0.2, -0.15) is 0 Å². The molecule has 1 rings (SSSR count). The maximum atomic E-state index is 10.9. The number of likely N-dealkylation sites (tertiary alicyclic amines) is 1. The molecular formula is C12H23NO3. The van der Waals surface area contributed by atoms with Crippen molar-refractivity contribution in [1.82, 2.24) is 4.90 Å². The van der Waals surface area contributed by atoms with Gasteiger partial charge in [-0.3, -0.25) is 9.69 Å². The zero-order valence-corrected chi connectivity index (χ0v) is 10.5. The Labute approximate surface area is 97.6 Å². The second kappa shape index (κ2) is 5.64. The molecule has 0 aromatic rings. The van der Waals surface area contributed by atoms with Crippen LogP contribution in [0, 0.1) is 0 Å². The van der Waals surface area contributed by atoms with Crippen LogP contribution in [0.2, 0.25) is 0 Å². The van der Waals surface area contributed by atoms with Crippen LogP contribution < -0.4 is 0 Å². The second-order valence-corrected chi connectivity index (χ2v) is 5.16. The summed E-state index contributed by atoms with van der Waals surface area (Å²) in [5, 5.41) is 8.95. The van der Waals surface area contributed by atoms with E-state index in [1.165, 1.54) is 12.8 Å². The van der Waals surface area contributed by atoms with Crippen LogP contribution in [0.4, 0.5) is 0 Å². The third-order valence-corrected chi connectivity index (χ3v) is 3.35. The molecular weight excluding hydrogens is 206 g/mol. The minimum atomic E-state index is -0.719. The van der Waals surface area contributed by atoms with Crippen molar-refractivity contribution in [3.63, 3.8) is 0 Å². The number of carbonyl (C=O) groups is 1. The number of hydrogen-bond donors (Lipinski definition) is 1. The van der Waals surface area contributed by atoms with Gasteiger partial charge < -0.3 is 9.84 Å². The summed E-state index contributed by atoms with van der Waals surface area (Å²) in [6, 6.07) is 0.106. The molecule has 1 unspecified atom stereocenters. The van der Waals surface area contributed by atoms with Crippen LogP contribution in [0.25, 0.3) is 0 Å². The Hall–Kier alpha value is -0.610. The standard InChI is InChI=1S/C12H23NO3/c1-12(2,16-3)9-10(8-11(14)15)13-6-4-5-7-13/h10H,4-9H2,1-3H3,(H,14,15). The summed E-state index contributed by atoms with van der Waals surface area (Å²) >= 11 is 0. The third-order valence-electron chi connectivity index (χ3n) is 3.35. The molecule has 1 aliphatic rings. The van der Waals surface area contributed by atoms with Crippen LogP contribution in [0.1, 0.15) is 39.5 Å². The molecule has 0 bridgehead atoms. The Kier molecular flexibility index (Phi) is 4.74. The van der Waals surface area contributed by atoms with Gasteiger partial charge in [0.25, 0.3) is 0 Å². The molecule has 0 spiro atoms. The topological polar surface area (TPSA) is 49.8 Å². The Balaban J connectivity index is 2.59. The molecule has 0 aliphatic carbocycles. The molecule has 1 heterocycles. The minimum Gasteiger partial charge on any atom is -0.481 e. The molecule has 1 aliphatic heterocycles. The van der Waals surface area contributed by atoms with Crippen molar-refractivity contribution >= 4 is 5.97 Å². The van der Waals surface area contributed by atoms with Crippen molar-refractivity contribution in [2.45, 2.75) is 51.2 Å². The molecule has 0 aromatic heterocycles. The van der Waals surface area contributed by atoms with E-state index < -0.39 is 5.97 Å². The summed E-state index contributed by atoms with van der Waals surface area (Å²) in [5.41, 5.74) is -0.247. The Bertz CT molecular complexity index is 234. The van der Waals surface area contributed by atoms with Gasteiger partial charge in [-0.25, -0.2) is 0 Å². The predicted octanol–water partition coefficient (Wildman–Crippen LogP) is 1.74. The van der Waals surface area contributed by atoms with E-state index >= 15 is 0 Å². The minimum absolute atomic E-state index is 0.106. The SMILES string of the molecule is COC(C)(C)CC(CC(=O)O)N1CCCC1. The van der Waals surface area contributed by atoms with Crippen LogP contribution in [0.15, 0.2) is 0 Å². The van der Waals surface area contributed by atoms with Gasteiger partial charge in [-0.15, -0.1) is 0 Å². The first-order valence-corrected chi connectivity index (χ1v) is 5.95. The van der Waals surface area contributed by atoms with Crippen LogP contribution in [-0.2, 0) is 9.53 Å². The number of carboxylic acids is 1. The summed E-state index contributed by atoms with van der Waals surface area (Å²) in [6.07, 6.45) is 3.36. The van der Waals surface area contributed by atoms with E-state index in [1.54, 1.807) is 7.11 Å². The van der Waals surface area contributed by atoms with Crippen molar-refractivity contribution in [3.05, 3.63) is 0 Å². The maximum absolute atomic E-state index is 10.9. The van der Waals surface area contributed by atoms with Crippen LogP contribution in [-0.4, -0.2) is 47.8 Å². The second-order valence-electron chi connectivity index (χ2n) is 5.16. The van der Waals surface area contributed by atoms with Crippen molar-refractivity contribution in [3.8, 4) is 0 Å². The Morgan fingerprint density at radius 3 is 2.44 bits per heavy atom. The first-order valence-electron chi connectivity index (χ1n) is 5.95. The Morgan fingerprint density at radius 1 is 1.44 bits per heavy atom. The zero-order chi connectivity index (χ0) is 12.2. The average molecular weight is 229 g/mol. The quantitative estimate of drug-likeness (QED) is 0.753. The van der Waals surface area contributed by atoms with E-state index in [2.05, 4.69) is 4.90 Å². The molecule has 4 nitrogen and oxygen atoms in total. The van der Waals surface area contributed by atoms with Gasteiger partial charge in [0.15, 0.2) is 0 Å². The van der Waals surface area contributed by atoms with Gasteiger partial charge >= 0.3 is 5.97 Å². The van der Waals surface area contributed by atoms with E-state index in [0.717, 1.165) is 19.5 Å². The van der Waals surface area contributed by atoms with Crippen molar-refractivity contribution in [2.75, 3.05) is 20.2 Å². The molecule has 0 saturated carbocycles. The molecule has 0 amide bonds. The number of rotatable bonds is 6. The largest absolute Gasteiger partial charge is 0.481 e. The number of methoxy groups -OCH3 is 1. The van der Waals surface area contributed by atoms with E-state index in [-0.39, 0.29) is 18.1 Å². The van der Waals surface area contributed by atoms with Gasteiger partial charge in [0.05, 0.1) is 12.0 Å². The monoisotopic (exact) mass is 229 g/mol. The lowest BCUT2D eigenvalue weighted by molar-refractivity contribution is -0.139. The number of aliphatic carboxylic acids is 1. The van der Waals surface area contributed by atoms with Crippen LogP contribution in [0.3, 0.4) is 0 Å². The zero-order valence-electron chi connectivity index (χ0n) is 10.5. The molecule has 4 heteroatoms. The molecule has 1 N–H and O–H groups in total. The highest BCUT2D eigenvalue weighted by Gasteiger charge is 2.30. The highest BCUT2D eigenvalue weighted by molar-refractivity contribution is 5.67. The number of nitrogens with zero attached hydrogens (tertiary/aromatic N) is 1. The highest BCUT2D eigenvalue weighted by atomic mass is 16.5. The van der Waals surface area contributed by atoms with Crippen LogP contribution >= 0.6 is 0 Å². The van der Waals surface area contributed by atoms with Crippen molar-refractivity contribution in [1.29, 1.82) is 0 Å². The number of hydrogen-bond acceptors (Lipinski definition) is 3. The van der Waals surface area contributed by atoms with Gasteiger partial charge in [0.2, 0.25) is 0 Å². The predicted molar refractivity (Wildman–Crippen MR) is 62.6 cm³/mol. The van der Waals surface area contributed by atoms with Gasteiger partial charge in [-0.1, -0.05) is 0 Å².